The predicted molar refractivity (Wildman–Crippen MR) is 71.7 cm³/mol. The third-order valence-electron chi connectivity index (χ3n) is 3.09. The van der Waals surface area contributed by atoms with Crippen molar-refractivity contribution in [2.24, 2.45) is 0 Å². The molecule has 0 aliphatic rings. The molecule has 0 bridgehead atoms. The number of nitrogens with zero attached hydrogens (tertiary/aromatic N) is 2. The number of pyridine rings is 1. The van der Waals surface area contributed by atoms with Gasteiger partial charge in [0.1, 0.15) is 5.65 Å². The van der Waals surface area contributed by atoms with Gasteiger partial charge in [-0.2, -0.15) is 0 Å². The van der Waals surface area contributed by atoms with E-state index < -0.39 is 0 Å². The minimum absolute atomic E-state index is 0.467. The van der Waals surface area contributed by atoms with E-state index in [4.69, 9.17) is 12.2 Å². The molecule has 84 valence electrons. The fourth-order valence-electron chi connectivity index (χ4n) is 1.96. The lowest BCUT2D eigenvalue weighted by Crippen LogP contribution is -1.92. The fraction of sp³-hybridized carbons (Fsp3) is 0.154. The van der Waals surface area contributed by atoms with Gasteiger partial charge in [-0.05, 0) is 43.3 Å². The molecule has 2 heterocycles. The molecule has 0 amide bonds. The Morgan fingerprint density at radius 2 is 2.00 bits per heavy atom. The summed E-state index contributed by atoms with van der Waals surface area (Å²) in [6, 6.07) is 6.29. The van der Waals surface area contributed by atoms with Crippen LogP contribution >= 0.6 is 12.2 Å². The number of aromatic nitrogens is 3. The molecule has 3 aromatic rings. The molecule has 0 aliphatic heterocycles. The second-order valence-electron chi connectivity index (χ2n) is 4.19. The van der Waals surface area contributed by atoms with E-state index >= 15 is 0 Å². The normalized spacial score (nSPS) is 11.2. The molecule has 1 N–H and O–H groups in total. The highest BCUT2D eigenvalue weighted by Gasteiger charge is 2.04. The van der Waals surface area contributed by atoms with Gasteiger partial charge in [-0.25, -0.2) is 9.97 Å². The second kappa shape index (κ2) is 3.60. The number of aryl methyl sites for hydroxylation is 2. The molecule has 0 saturated heterocycles. The summed E-state index contributed by atoms with van der Waals surface area (Å²) in [6.45, 7) is 4.18. The number of rotatable bonds is 0. The zero-order chi connectivity index (χ0) is 12.0. The Balaban J connectivity index is 2.53. The minimum Gasteiger partial charge on any atom is -0.315 e. The average Bonchev–Trinajstić information content (AvgIpc) is 2.32. The summed E-state index contributed by atoms with van der Waals surface area (Å²) in [4.78, 5) is 11.7. The molecule has 0 spiro atoms. The molecule has 3 rings (SSSR count). The van der Waals surface area contributed by atoms with Gasteiger partial charge in [0.05, 0.1) is 5.52 Å². The van der Waals surface area contributed by atoms with Gasteiger partial charge >= 0.3 is 0 Å². The van der Waals surface area contributed by atoms with E-state index in [0.717, 1.165) is 21.9 Å². The summed E-state index contributed by atoms with van der Waals surface area (Å²) in [5.74, 6) is 0. The van der Waals surface area contributed by atoms with Crippen LogP contribution in [0.5, 0.6) is 0 Å². The maximum absolute atomic E-state index is 5.01. The van der Waals surface area contributed by atoms with Gasteiger partial charge in [0, 0.05) is 17.0 Å². The highest BCUT2D eigenvalue weighted by molar-refractivity contribution is 7.71. The first-order chi connectivity index (χ1) is 8.15. The Morgan fingerprint density at radius 3 is 2.82 bits per heavy atom. The number of hydrogen-bond acceptors (Lipinski definition) is 3. The van der Waals surface area contributed by atoms with E-state index in [9.17, 15) is 0 Å². The monoisotopic (exact) mass is 241 g/mol. The number of fused-ring (bicyclic) bond motifs is 2. The highest BCUT2D eigenvalue weighted by Crippen LogP contribution is 2.22. The summed E-state index contributed by atoms with van der Waals surface area (Å²) >= 11 is 5.01. The van der Waals surface area contributed by atoms with Crippen molar-refractivity contribution in [3.8, 4) is 0 Å². The maximum atomic E-state index is 5.01. The summed E-state index contributed by atoms with van der Waals surface area (Å²) in [6.07, 6.45) is 1.76. The highest BCUT2D eigenvalue weighted by atomic mass is 32.1. The fourth-order valence-corrected chi connectivity index (χ4v) is 2.11. The topological polar surface area (TPSA) is 41.6 Å². The van der Waals surface area contributed by atoms with Crippen molar-refractivity contribution in [2.75, 3.05) is 0 Å². The van der Waals surface area contributed by atoms with Crippen LogP contribution in [0.4, 0.5) is 0 Å². The Hall–Kier alpha value is -1.81. The van der Waals surface area contributed by atoms with Crippen molar-refractivity contribution >= 4 is 34.2 Å². The van der Waals surface area contributed by atoms with Crippen molar-refractivity contribution in [3.05, 3.63) is 40.3 Å². The van der Waals surface area contributed by atoms with E-state index in [2.05, 4.69) is 47.0 Å². The lowest BCUT2D eigenvalue weighted by Gasteiger charge is -2.06. The van der Waals surface area contributed by atoms with Crippen LogP contribution in [0.3, 0.4) is 0 Å². The molecule has 0 atom stereocenters. The van der Waals surface area contributed by atoms with Crippen LogP contribution in [0.25, 0.3) is 21.9 Å². The van der Waals surface area contributed by atoms with E-state index in [1.165, 1.54) is 11.1 Å². The first-order valence-corrected chi connectivity index (χ1v) is 5.82. The Morgan fingerprint density at radius 1 is 1.18 bits per heavy atom. The molecule has 1 aromatic carbocycles. The van der Waals surface area contributed by atoms with Gasteiger partial charge in [0.25, 0.3) is 0 Å². The van der Waals surface area contributed by atoms with Crippen LogP contribution in [0.15, 0.2) is 24.4 Å². The van der Waals surface area contributed by atoms with Crippen molar-refractivity contribution in [3.63, 3.8) is 0 Å². The molecule has 2 aromatic heterocycles. The number of H-pyrrole nitrogens is 1. The van der Waals surface area contributed by atoms with E-state index in [0.29, 0.717) is 4.77 Å². The first kappa shape index (κ1) is 10.4. The molecule has 3 nitrogen and oxygen atoms in total. The largest absolute Gasteiger partial charge is 0.315 e. The summed E-state index contributed by atoms with van der Waals surface area (Å²) in [5.41, 5.74) is 4.28. The van der Waals surface area contributed by atoms with Gasteiger partial charge in [-0.3, -0.25) is 0 Å². The summed E-state index contributed by atoms with van der Waals surface area (Å²) in [5, 5.41) is 2.11. The lowest BCUT2D eigenvalue weighted by molar-refractivity contribution is 1.16. The van der Waals surface area contributed by atoms with Crippen molar-refractivity contribution in [1.29, 1.82) is 0 Å². The Kier molecular flexibility index (Phi) is 2.19. The Labute approximate surface area is 104 Å². The predicted octanol–water partition coefficient (Wildman–Crippen LogP) is 3.46. The number of hydrogen-bond donors (Lipinski definition) is 1. The average molecular weight is 241 g/mol. The second-order valence-corrected chi connectivity index (χ2v) is 4.58. The van der Waals surface area contributed by atoms with Crippen LogP contribution in [0.2, 0.25) is 0 Å². The molecule has 0 saturated carbocycles. The van der Waals surface area contributed by atoms with E-state index in [-0.39, 0.29) is 0 Å². The van der Waals surface area contributed by atoms with E-state index in [1.807, 2.05) is 0 Å². The standard InChI is InChI=1S/C13H11N3S/c1-7-3-4-9-5-10-6-14-13(17)16-12(10)15-11(9)8(7)2/h3-6H,1-2H3,(H,14,15,16,17). The zero-order valence-electron chi connectivity index (χ0n) is 9.61. The van der Waals surface area contributed by atoms with Crippen LogP contribution in [-0.2, 0) is 0 Å². The number of benzene rings is 1. The Bertz CT molecular complexity index is 790. The van der Waals surface area contributed by atoms with Crippen molar-refractivity contribution < 1.29 is 0 Å². The minimum atomic E-state index is 0.467. The van der Waals surface area contributed by atoms with Gasteiger partial charge in [0.2, 0.25) is 0 Å². The van der Waals surface area contributed by atoms with Crippen molar-refractivity contribution in [2.45, 2.75) is 13.8 Å². The third-order valence-corrected chi connectivity index (χ3v) is 3.29. The summed E-state index contributed by atoms with van der Waals surface area (Å²) < 4.78 is 0.467. The summed E-state index contributed by atoms with van der Waals surface area (Å²) in [7, 11) is 0. The van der Waals surface area contributed by atoms with Crippen LogP contribution in [0, 0.1) is 18.6 Å². The molecule has 0 aliphatic carbocycles. The van der Waals surface area contributed by atoms with Crippen molar-refractivity contribution in [1.82, 2.24) is 15.0 Å². The lowest BCUT2D eigenvalue weighted by atomic mass is 10.0. The van der Waals surface area contributed by atoms with Gasteiger partial charge in [-0.1, -0.05) is 12.1 Å². The third kappa shape index (κ3) is 1.61. The van der Waals surface area contributed by atoms with Crippen LogP contribution in [-0.4, -0.2) is 15.0 Å². The number of aromatic amines is 1. The van der Waals surface area contributed by atoms with Crippen LogP contribution in [0.1, 0.15) is 11.1 Å². The maximum Gasteiger partial charge on any atom is 0.198 e. The molecular weight excluding hydrogens is 230 g/mol. The van der Waals surface area contributed by atoms with E-state index in [1.54, 1.807) is 6.20 Å². The van der Waals surface area contributed by atoms with Gasteiger partial charge in [-0.15, -0.1) is 0 Å². The first-order valence-electron chi connectivity index (χ1n) is 5.41. The van der Waals surface area contributed by atoms with Gasteiger partial charge < -0.3 is 4.98 Å². The molecule has 0 unspecified atom stereocenters. The van der Waals surface area contributed by atoms with Gasteiger partial charge in [0.15, 0.2) is 4.77 Å². The quantitative estimate of drug-likeness (QED) is 0.484. The molecule has 0 fully saturated rings. The zero-order valence-corrected chi connectivity index (χ0v) is 10.4. The van der Waals surface area contributed by atoms with Crippen LogP contribution < -0.4 is 0 Å². The molecule has 0 radical (unpaired) electrons. The smallest absolute Gasteiger partial charge is 0.198 e. The SMILES string of the molecule is Cc1ccc2cc3cnc(=S)[nH]c3nc2c1C. The molecular formula is C13H11N3S. The number of nitrogens with one attached hydrogen (secondary N) is 1. The molecule has 4 heteroatoms. The molecule has 17 heavy (non-hydrogen) atoms.